The predicted molar refractivity (Wildman–Crippen MR) is 83.0 cm³/mol. The summed E-state index contributed by atoms with van der Waals surface area (Å²) in [5, 5.41) is 3.46. The molecular weight excluding hydrogens is 279 g/mol. The van der Waals surface area contributed by atoms with E-state index in [1.54, 1.807) is 0 Å². The third kappa shape index (κ3) is 2.54. The summed E-state index contributed by atoms with van der Waals surface area (Å²) >= 11 is 0. The number of piperidine rings is 1. The molecule has 22 heavy (non-hydrogen) atoms. The van der Waals surface area contributed by atoms with E-state index < -0.39 is 0 Å². The van der Waals surface area contributed by atoms with Crippen molar-refractivity contribution in [2.75, 3.05) is 26.2 Å². The molecule has 1 amide bonds. The summed E-state index contributed by atoms with van der Waals surface area (Å²) in [4.78, 5) is 14.7. The van der Waals surface area contributed by atoms with Gasteiger partial charge in [-0.3, -0.25) is 4.79 Å². The van der Waals surface area contributed by atoms with Gasteiger partial charge in [0.05, 0.1) is 0 Å². The van der Waals surface area contributed by atoms with Crippen LogP contribution < -0.4 is 5.32 Å². The Balaban J connectivity index is 1.35. The van der Waals surface area contributed by atoms with Gasteiger partial charge in [0.1, 0.15) is 5.82 Å². The standard InChI is InChI=1S/C18H23FN2O/c19-14-3-1-13(2-4-14)15-11-16(15)17(22)21-9-6-18(7-10-21)5-8-20-12-18/h1-4,15-16,20H,5-12H2. The first-order chi connectivity index (χ1) is 10.7. The Morgan fingerprint density at radius 3 is 2.55 bits per heavy atom. The molecule has 118 valence electrons. The molecule has 3 fully saturated rings. The number of hydrogen-bond donors (Lipinski definition) is 1. The predicted octanol–water partition coefficient (Wildman–Crippen LogP) is 2.53. The highest BCUT2D eigenvalue weighted by Gasteiger charge is 2.47. The quantitative estimate of drug-likeness (QED) is 0.910. The van der Waals surface area contributed by atoms with Crippen molar-refractivity contribution >= 4 is 5.91 Å². The van der Waals surface area contributed by atoms with Gasteiger partial charge in [0.25, 0.3) is 0 Å². The van der Waals surface area contributed by atoms with Crippen molar-refractivity contribution < 1.29 is 9.18 Å². The van der Waals surface area contributed by atoms with Crippen LogP contribution >= 0.6 is 0 Å². The molecule has 1 aliphatic carbocycles. The Labute approximate surface area is 130 Å². The van der Waals surface area contributed by atoms with E-state index >= 15 is 0 Å². The number of likely N-dealkylation sites (tertiary alicyclic amines) is 1. The monoisotopic (exact) mass is 302 g/mol. The maximum absolute atomic E-state index is 13.0. The number of carbonyl (C=O) groups excluding carboxylic acids is 1. The average molecular weight is 302 g/mol. The molecule has 3 aliphatic rings. The van der Waals surface area contributed by atoms with Gasteiger partial charge in [-0.05, 0) is 61.3 Å². The van der Waals surface area contributed by atoms with Crippen LogP contribution in [0.2, 0.25) is 0 Å². The number of hydrogen-bond acceptors (Lipinski definition) is 2. The van der Waals surface area contributed by atoms with Crippen LogP contribution in [0.15, 0.2) is 24.3 Å². The van der Waals surface area contributed by atoms with E-state index in [4.69, 9.17) is 0 Å². The van der Waals surface area contributed by atoms with Crippen LogP contribution in [0.4, 0.5) is 4.39 Å². The minimum absolute atomic E-state index is 0.126. The molecule has 2 heterocycles. The second-order valence-corrected chi connectivity index (χ2v) is 7.25. The summed E-state index contributed by atoms with van der Waals surface area (Å²) in [5.74, 6) is 0.534. The maximum Gasteiger partial charge on any atom is 0.226 e. The van der Waals surface area contributed by atoms with Crippen LogP contribution in [0.3, 0.4) is 0 Å². The Morgan fingerprint density at radius 1 is 1.18 bits per heavy atom. The topological polar surface area (TPSA) is 32.3 Å². The van der Waals surface area contributed by atoms with Crippen LogP contribution in [0, 0.1) is 17.2 Å². The first kappa shape index (κ1) is 14.2. The van der Waals surface area contributed by atoms with Crippen molar-refractivity contribution in [2.24, 2.45) is 11.3 Å². The molecule has 1 spiro atoms. The van der Waals surface area contributed by atoms with Crippen LogP contribution in [0.5, 0.6) is 0 Å². The number of halogens is 1. The van der Waals surface area contributed by atoms with E-state index in [9.17, 15) is 9.18 Å². The van der Waals surface area contributed by atoms with E-state index in [2.05, 4.69) is 10.2 Å². The lowest BCUT2D eigenvalue weighted by molar-refractivity contribution is -0.134. The van der Waals surface area contributed by atoms with Crippen molar-refractivity contribution in [1.82, 2.24) is 10.2 Å². The number of nitrogens with one attached hydrogen (secondary N) is 1. The van der Waals surface area contributed by atoms with Gasteiger partial charge >= 0.3 is 0 Å². The Hall–Kier alpha value is -1.42. The lowest BCUT2D eigenvalue weighted by Crippen LogP contribution is -2.44. The fraction of sp³-hybridized carbons (Fsp3) is 0.611. The zero-order chi connectivity index (χ0) is 15.2. The van der Waals surface area contributed by atoms with E-state index in [0.29, 0.717) is 17.2 Å². The average Bonchev–Trinajstić information content (AvgIpc) is 3.22. The summed E-state index contributed by atoms with van der Waals surface area (Å²) < 4.78 is 13.0. The van der Waals surface area contributed by atoms with E-state index in [1.807, 2.05) is 12.1 Å². The summed E-state index contributed by atoms with van der Waals surface area (Å²) in [6.07, 6.45) is 4.46. The van der Waals surface area contributed by atoms with Gasteiger partial charge in [-0.1, -0.05) is 12.1 Å². The zero-order valence-corrected chi connectivity index (χ0v) is 12.9. The third-order valence-corrected chi connectivity index (χ3v) is 5.87. The molecule has 0 radical (unpaired) electrons. The van der Waals surface area contributed by atoms with Gasteiger partial charge in [0, 0.05) is 25.6 Å². The molecule has 4 heteroatoms. The highest BCUT2D eigenvalue weighted by atomic mass is 19.1. The van der Waals surface area contributed by atoms with Gasteiger partial charge in [-0.15, -0.1) is 0 Å². The summed E-state index contributed by atoms with van der Waals surface area (Å²) in [7, 11) is 0. The normalized spacial score (nSPS) is 29.8. The van der Waals surface area contributed by atoms with Gasteiger partial charge in [0.2, 0.25) is 5.91 Å². The van der Waals surface area contributed by atoms with Gasteiger partial charge in [-0.2, -0.15) is 0 Å². The molecule has 0 aromatic heterocycles. The second-order valence-electron chi connectivity index (χ2n) is 7.25. The molecule has 2 atom stereocenters. The molecule has 4 rings (SSSR count). The number of nitrogens with zero attached hydrogens (tertiary/aromatic N) is 1. The molecule has 3 nitrogen and oxygen atoms in total. The van der Waals surface area contributed by atoms with Gasteiger partial charge in [-0.25, -0.2) is 4.39 Å². The fourth-order valence-electron chi connectivity index (χ4n) is 4.20. The molecule has 2 saturated heterocycles. The number of carbonyl (C=O) groups is 1. The van der Waals surface area contributed by atoms with Crippen molar-refractivity contribution in [2.45, 2.75) is 31.6 Å². The molecule has 2 unspecified atom stereocenters. The fourth-order valence-corrected chi connectivity index (χ4v) is 4.20. The molecule has 0 bridgehead atoms. The highest BCUT2D eigenvalue weighted by molar-refractivity contribution is 5.83. The first-order valence-electron chi connectivity index (χ1n) is 8.42. The minimum atomic E-state index is -0.209. The maximum atomic E-state index is 13.0. The molecule has 1 aromatic rings. The smallest absolute Gasteiger partial charge is 0.226 e. The largest absolute Gasteiger partial charge is 0.342 e. The van der Waals surface area contributed by atoms with Gasteiger partial charge < -0.3 is 10.2 Å². The minimum Gasteiger partial charge on any atom is -0.342 e. The summed E-state index contributed by atoms with van der Waals surface area (Å²) in [6.45, 7) is 4.07. The lowest BCUT2D eigenvalue weighted by Gasteiger charge is -2.39. The van der Waals surface area contributed by atoms with E-state index in [-0.39, 0.29) is 11.7 Å². The summed E-state index contributed by atoms with van der Waals surface area (Å²) in [5.41, 5.74) is 1.56. The van der Waals surface area contributed by atoms with Crippen molar-refractivity contribution in [1.29, 1.82) is 0 Å². The molecule has 1 aromatic carbocycles. The Morgan fingerprint density at radius 2 is 1.91 bits per heavy atom. The number of amides is 1. The van der Waals surface area contributed by atoms with Crippen LogP contribution in [-0.4, -0.2) is 37.0 Å². The van der Waals surface area contributed by atoms with Crippen LogP contribution in [0.25, 0.3) is 0 Å². The van der Waals surface area contributed by atoms with Gasteiger partial charge in [0.15, 0.2) is 0 Å². The lowest BCUT2D eigenvalue weighted by atomic mass is 9.78. The molecule has 1 saturated carbocycles. The first-order valence-corrected chi connectivity index (χ1v) is 8.42. The molecular formula is C18H23FN2O. The van der Waals surface area contributed by atoms with Crippen molar-refractivity contribution in [3.8, 4) is 0 Å². The van der Waals surface area contributed by atoms with Crippen LogP contribution in [-0.2, 0) is 4.79 Å². The van der Waals surface area contributed by atoms with Crippen molar-refractivity contribution in [3.05, 3.63) is 35.6 Å². The summed E-state index contributed by atoms with van der Waals surface area (Å²) in [6, 6.07) is 6.63. The second kappa shape index (κ2) is 5.34. The zero-order valence-electron chi connectivity index (χ0n) is 12.9. The molecule has 2 aliphatic heterocycles. The van der Waals surface area contributed by atoms with E-state index in [0.717, 1.165) is 51.0 Å². The van der Waals surface area contributed by atoms with Crippen LogP contribution in [0.1, 0.15) is 37.2 Å². The third-order valence-electron chi connectivity index (χ3n) is 5.87. The Bertz CT molecular complexity index is 555. The number of benzene rings is 1. The molecule has 1 N–H and O–H groups in total. The SMILES string of the molecule is O=C(C1CC1c1ccc(F)cc1)N1CCC2(CCNC2)CC1. The highest BCUT2D eigenvalue weighted by Crippen LogP contribution is 2.49. The van der Waals surface area contributed by atoms with Crippen molar-refractivity contribution in [3.63, 3.8) is 0 Å². The number of rotatable bonds is 2. The van der Waals surface area contributed by atoms with E-state index in [1.165, 1.54) is 18.6 Å². The Kier molecular flexibility index (Phi) is 3.44.